The summed E-state index contributed by atoms with van der Waals surface area (Å²) in [6.45, 7) is 0. The molecular weight excluding hydrogens is 236 g/mol. The van der Waals surface area contributed by atoms with E-state index in [2.05, 4.69) is 12.1 Å². The Kier molecular flexibility index (Phi) is 3.80. The Hall–Kier alpha value is -1.06. The van der Waals surface area contributed by atoms with Crippen LogP contribution in [0, 0.1) is 0 Å². The lowest BCUT2D eigenvalue weighted by Gasteiger charge is -2.02. The highest BCUT2D eigenvalue weighted by Crippen LogP contribution is 2.27. The predicted octanol–water partition coefficient (Wildman–Crippen LogP) is 3.58. The number of hydrogen-bond donors (Lipinski definition) is 0. The summed E-state index contributed by atoms with van der Waals surface area (Å²) in [5, 5.41) is 0. The van der Waals surface area contributed by atoms with Gasteiger partial charge in [-0.3, -0.25) is 4.21 Å². The molecule has 1 nitrogen and oxygen atoms in total. The van der Waals surface area contributed by atoms with E-state index in [1.807, 2.05) is 42.5 Å². The van der Waals surface area contributed by atoms with Gasteiger partial charge < -0.3 is 0 Å². The normalized spacial score (nSPS) is 12.3. The summed E-state index contributed by atoms with van der Waals surface area (Å²) >= 11 is 1.71. The van der Waals surface area contributed by atoms with E-state index in [0.29, 0.717) is 0 Å². The lowest BCUT2D eigenvalue weighted by Crippen LogP contribution is -1.85. The molecule has 2 aromatic carbocycles. The highest BCUT2D eigenvalue weighted by atomic mass is 32.2. The van der Waals surface area contributed by atoms with Gasteiger partial charge in [0.15, 0.2) is 0 Å². The van der Waals surface area contributed by atoms with Crippen LogP contribution in [0.1, 0.15) is 0 Å². The molecule has 0 amide bonds. The average molecular weight is 248 g/mol. The van der Waals surface area contributed by atoms with E-state index in [1.54, 1.807) is 18.0 Å². The second-order valence-electron chi connectivity index (χ2n) is 3.34. The van der Waals surface area contributed by atoms with Gasteiger partial charge in [0.1, 0.15) is 0 Å². The van der Waals surface area contributed by atoms with Gasteiger partial charge >= 0.3 is 0 Å². The molecule has 0 aliphatic heterocycles. The number of rotatable bonds is 3. The van der Waals surface area contributed by atoms with Crippen LogP contribution in [-0.4, -0.2) is 10.5 Å². The van der Waals surface area contributed by atoms with Crippen LogP contribution in [0.15, 0.2) is 69.3 Å². The molecule has 0 aromatic heterocycles. The van der Waals surface area contributed by atoms with Crippen LogP contribution < -0.4 is 0 Å². The molecule has 16 heavy (non-hydrogen) atoms. The van der Waals surface area contributed by atoms with E-state index in [0.717, 1.165) is 4.90 Å². The Bertz CT molecular complexity index is 477. The smallest absolute Gasteiger partial charge is 0.0498 e. The number of hydrogen-bond acceptors (Lipinski definition) is 2. The van der Waals surface area contributed by atoms with Gasteiger partial charge in [-0.25, -0.2) is 0 Å². The third-order valence-corrected chi connectivity index (χ3v) is 4.09. The van der Waals surface area contributed by atoms with Crippen molar-refractivity contribution in [1.82, 2.24) is 0 Å². The summed E-state index contributed by atoms with van der Waals surface area (Å²) < 4.78 is 11.2. The van der Waals surface area contributed by atoms with Gasteiger partial charge in [0.05, 0.1) is 0 Å². The summed E-state index contributed by atoms with van der Waals surface area (Å²) in [7, 11) is -0.893. The molecule has 3 heteroatoms. The van der Waals surface area contributed by atoms with Gasteiger partial charge in [-0.2, -0.15) is 0 Å². The Morgan fingerprint density at radius 2 is 1.44 bits per heavy atom. The molecule has 82 valence electrons. The topological polar surface area (TPSA) is 17.1 Å². The molecule has 2 aromatic rings. The SMILES string of the molecule is C[S@](=O)c1ccc(Sc2ccccc2)cc1. The number of benzene rings is 2. The quantitative estimate of drug-likeness (QED) is 0.826. The van der Waals surface area contributed by atoms with Crippen molar-refractivity contribution in [3.8, 4) is 0 Å². The zero-order valence-electron chi connectivity index (χ0n) is 8.92. The second-order valence-corrected chi connectivity index (χ2v) is 5.87. The minimum Gasteiger partial charge on any atom is -0.255 e. The van der Waals surface area contributed by atoms with Crippen LogP contribution >= 0.6 is 11.8 Å². The maximum absolute atomic E-state index is 11.2. The fourth-order valence-electron chi connectivity index (χ4n) is 1.32. The first-order valence-corrected chi connectivity index (χ1v) is 7.29. The monoisotopic (exact) mass is 248 g/mol. The predicted molar refractivity (Wildman–Crippen MR) is 69.3 cm³/mol. The van der Waals surface area contributed by atoms with Gasteiger partial charge in [-0.15, -0.1) is 0 Å². The lowest BCUT2D eigenvalue weighted by molar-refractivity contribution is 0.686. The van der Waals surface area contributed by atoms with E-state index < -0.39 is 10.8 Å². The molecule has 0 radical (unpaired) electrons. The van der Waals surface area contributed by atoms with Crippen LogP contribution in [0.4, 0.5) is 0 Å². The highest BCUT2D eigenvalue weighted by Gasteiger charge is 1.99. The van der Waals surface area contributed by atoms with E-state index in [1.165, 1.54) is 9.79 Å². The molecule has 0 heterocycles. The van der Waals surface area contributed by atoms with Crippen LogP contribution in [0.5, 0.6) is 0 Å². The molecule has 0 saturated carbocycles. The van der Waals surface area contributed by atoms with Crippen molar-refractivity contribution in [3.05, 3.63) is 54.6 Å². The van der Waals surface area contributed by atoms with Gasteiger partial charge in [0.2, 0.25) is 0 Å². The maximum Gasteiger partial charge on any atom is 0.0498 e. The zero-order chi connectivity index (χ0) is 11.4. The van der Waals surface area contributed by atoms with Gasteiger partial charge in [0.25, 0.3) is 0 Å². The fourth-order valence-corrected chi connectivity index (χ4v) is 2.68. The van der Waals surface area contributed by atoms with Crippen molar-refractivity contribution in [3.63, 3.8) is 0 Å². The first-order valence-electron chi connectivity index (χ1n) is 4.92. The highest BCUT2D eigenvalue weighted by molar-refractivity contribution is 7.99. The molecule has 1 atom stereocenters. The van der Waals surface area contributed by atoms with Gasteiger partial charge in [-0.05, 0) is 36.4 Å². The summed E-state index contributed by atoms with van der Waals surface area (Å²) in [4.78, 5) is 3.26. The second kappa shape index (κ2) is 5.32. The summed E-state index contributed by atoms with van der Waals surface area (Å²) in [6, 6.07) is 18.1. The molecule has 0 aliphatic rings. The van der Waals surface area contributed by atoms with Crippen LogP contribution in [0.2, 0.25) is 0 Å². The Labute approximate surface area is 102 Å². The summed E-state index contributed by atoms with van der Waals surface area (Å²) in [5.41, 5.74) is 0. The van der Waals surface area contributed by atoms with Crippen molar-refractivity contribution in [2.75, 3.05) is 6.26 Å². The van der Waals surface area contributed by atoms with E-state index in [9.17, 15) is 4.21 Å². The van der Waals surface area contributed by atoms with E-state index >= 15 is 0 Å². The Morgan fingerprint density at radius 1 is 0.875 bits per heavy atom. The molecule has 0 saturated heterocycles. The zero-order valence-corrected chi connectivity index (χ0v) is 10.6. The standard InChI is InChI=1S/C13H12OS2/c1-16(14)13-9-7-12(8-10-13)15-11-5-3-2-4-6-11/h2-10H,1H3/t16-/m0/s1. The summed E-state index contributed by atoms with van der Waals surface area (Å²) in [5.74, 6) is 0. The van der Waals surface area contributed by atoms with Crippen LogP contribution in [0.3, 0.4) is 0 Å². The molecule has 0 N–H and O–H groups in total. The molecular formula is C13H12OS2. The molecule has 0 fully saturated rings. The first kappa shape index (κ1) is 11.4. The van der Waals surface area contributed by atoms with Crippen molar-refractivity contribution in [2.24, 2.45) is 0 Å². The molecule has 0 aliphatic carbocycles. The first-order chi connectivity index (χ1) is 7.75. The Morgan fingerprint density at radius 3 is 2.00 bits per heavy atom. The minimum atomic E-state index is -0.893. The van der Waals surface area contributed by atoms with Crippen LogP contribution in [-0.2, 0) is 10.8 Å². The van der Waals surface area contributed by atoms with E-state index in [4.69, 9.17) is 0 Å². The van der Waals surface area contributed by atoms with E-state index in [-0.39, 0.29) is 0 Å². The van der Waals surface area contributed by atoms with Crippen molar-refractivity contribution in [1.29, 1.82) is 0 Å². The summed E-state index contributed by atoms with van der Waals surface area (Å²) in [6.07, 6.45) is 1.69. The minimum absolute atomic E-state index is 0.873. The molecule has 0 spiro atoms. The third-order valence-electron chi connectivity index (χ3n) is 2.13. The fraction of sp³-hybridized carbons (Fsp3) is 0.0769. The average Bonchev–Trinajstić information content (AvgIpc) is 2.31. The van der Waals surface area contributed by atoms with Gasteiger partial charge in [-0.1, -0.05) is 30.0 Å². The molecule has 0 bridgehead atoms. The van der Waals surface area contributed by atoms with Crippen molar-refractivity contribution >= 4 is 22.6 Å². The van der Waals surface area contributed by atoms with Crippen molar-refractivity contribution in [2.45, 2.75) is 14.7 Å². The lowest BCUT2D eigenvalue weighted by atomic mass is 10.4. The molecule has 2 rings (SSSR count). The van der Waals surface area contributed by atoms with Crippen LogP contribution in [0.25, 0.3) is 0 Å². The third kappa shape index (κ3) is 2.97. The maximum atomic E-state index is 11.2. The van der Waals surface area contributed by atoms with Gasteiger partial charge in [0, 0.05) is 31.7 Å². The largest absolute Gasteiger partial charge is 0.255 e. The Balaban J connectivity index is 2.14. The molecule has 0 unspecified atom stereocenters. The van der Waals surface area contributed by atoms with Crippen molar-refractivity contribution < 1.29 is 4.21 Å².